The van der Waals surface area contributed by atoms with Crippen LogP contribution in [0.3, 0.4) is 0 Å². The topological polar surface area (TPSA) is 85.3 Å². The van der Waals surface area contributed by atoms with Crippen molar-refractivity contribution in [2.45, 2.75) is 38.4 Å². The van der Waals surface area contributed by atoms with E-state index in [0.29, 0.717) is 24.5 Å². The Balaban J connectivity index is 1.62. The first kappa shape index (κ1) is 17.4. The van der Waals surface area contributed by atoms with Crippen molar-refractivity contribution in [3.8, 4) is 0 Å². The molecule has 2 aromatic heterocycles. The first-order valence-corrected chi connectivity index (χ1v) is 9.15. The van der Waals surface area contributed by atoms with Gasteiger partial charge in [-0.2, -0.15) is 0 Å². The Hall–Kier alpha value is -2.99. The van der Waals surface area contributed by atoms with Crippen molar-refractivity contribution in [3.63, 3.8) is 0 Å². The van der Waals surface area contributed by atoms with Gasteiger partial charge in [-0.25, -0.2) is 4.98 Å². The Morgan fingerprint density at radius 3 is 2.74 bits per heavy atom. The molecule has 27 heavy (non-hydrogen) atoms. The number of primary amides is 1. The van der Waals surface area contributed by atoms with Crippen LogP contribution in [0.2, 0.25) is 0 Å². The highest BCUT2D eigenvalue weighted by atomic mass is 16.3. The number of carbonyl (C=O) groups excluding carboxylic acids is 1. The summed E-state index contributed by atoms with van der Waals surface area (Å²) >= 11 is 0. The second-order valence-electron chi connectivity index (χ2n) is 6.85. The van der Waals surface area contributed by atoms with Crippen LogP contribution in [0.25, 0.3) is 0 Å². The quantitative estimate of drug-likeness (QED) is 0.727. The normalized spacial score (nSPS) is 16.3. The van der Waals surface area contributed by atoms with Crippen LogP contribution in [0.5, 0.6) is 0 Å². The Morgan fingerprint density at radius 2 is 2.00 bits per heavy atom. The number of rotatable bonds is 6. The van der Waals surface area contributed by atoms with Gasteiger partial charge in [-0.3, -0.25) is 14.7 Å². The SMILES string of the molecule is NC(=O)c1ccc(CN(Cc2ncco2)C2CCCc3cccnc32)cc1. The van der Waals surface area contributed by atoms with Gasteiger partial charge in [0, 0.05) is 18.3 Å². The van der Waals surface area contributed by atoms with Gasteiger partial charge in [-0.15, -0.1) is 0 Å². The van der Waals surface area contributed by atoms with Crippen molar-refractivity contribution in [2.24, 2.45) is 5.73 Å². The standard InChI is InChI=1S/C21H22N4O2/c22-21(26)17-8-6-15(7-9-17)13-25(14-19-23-11-12-27-19)18-5-1-3-16-4-2-10-24-20(16)18/h2,4,6-12,18H,1,3,5,13-14H2,(H2,22,26). The van der Waals surface area contributed by atoms with Gasteiger partial charge in [-0.05, 0) is 48.6 Å². The van der Waals surface area contributed by atoms with Crippen LogP contribution in [-0.4, -0.2) is 20.8 Å². The molecule has 1 atom stereocenters. The van der Waals surface area contributed by atoms with Crippen LogP contribution in [0.1, 0.15) is 52.0 Å². The van der Waals surface area contributed by atoms with E-state index in [9.17, 15) is 4.79 Å². The number of benzene rings is 1. The molecule has 0 aliphatic heterocycles. The molecule has 0 fully saturated rings. The first-order chi connectivity index (χ1) is 13.2. The molecule has 1 aliphatic carbocycles. The van der Waals surface area contributed by atoms with E-state index in [4.69, 9.17) is 10.2 Å². The molecule has 2 heterocycles. The van der Waals surface area contributed by atoms with E-state index in [2.05, 4.69) is 20.9 Å². The number of hydrogen-bond donors (Lipinski definition) is 1. The maximum atomic E-state index is 11.3. The van der Waals surface area contributed by atoms with Gasteiger partial charge in [0.2, 0.25) is 11.8 Å². The number of nitrogens with zero attached hydrogens (tertiary/aromatic N) is 3. The molecule has 1 amide bonds. The maximum absolute atomic E-state index is 11.3. The summed E-state index contributed by atoms with van der Waals surface area (Å²) in [5.41, 5.74) is 9.43. The lowest BCUT2D eigenvalue weighted by molar-refractivity contribution is 0.1000. The number of pyridine rings is 1. The van der Waals surface area contributed by atoms with Crippen LogP contribution in [0.4, 0.5) is 0 Å². The third kappa shape index (κ3) is 3.90. The summed E-state index contributed by atoms with van der Waals surface area (Å²) in [6.07, 6.45) is 8.38. The fourth-order valence-electron chi connectivity index (χ4n) is 3.73. The van der Waals surface area contributed by atoms with E-state index in [1.54, 1.807) is 24.6 Å². The number of nitrogens with two attached hydrogens (primary N) is 1. The van der Waals surface area contributed by atoms with E-state index in [1.807, 2.05) is 24.4 Å². The lowest BCUT2D eigenvalue weighted by atomic mass is 9.90. The maximum Gasteiger partial charge on any atom is 0.248 e. The molecule has 1 aliphatic rings. The van der Waals surface area contributed by atoms with Crippen molar-refractivity contribution < 1.29 is 9.21 Å². The number of oxazole rings is 1. The van der Waals surface area contributed by atoms with Gasteiger partial charge in [0.25, 0.3) is 0 Å². The van der Waals surface area contributed by atoms with E-state index >= 15 is 0 Å². The van der Waals surface area contributed by atoms with Gasteiger partial charge < -0.3 is 10.2 Å². The first-order valence-electron chi connectivity index (χ1n) is 9.15. The summed E-state index contributed by atoms with van der Waals surface area (Å²) in [6.45, 7) is 1.31. The Kier molecular flexibility index (Phi) is 4.98. The van der Waals surface area contributed by atoms with Crippen molar-refractivity contribution in [1.29, 1.82) is 0 Å². The minimum atomic E-state index is -0.413. The second-order valence-corrected chi connectivity index (χ2v) is 6.85. The highest BCUT2D eigenvalue weighted by Crippen LogP contribution is 2.34. The molecule has 0 bridgehead atoms. The van der Waals surface area contributed by atoms with E-state index in [1.165, 1.54) is 5.56 Å². The van der Waals surface area contributed by atoms with Gasteiger partial charge in [0.15, 0.2) is 0 Å². The zero-order chi connectivity index (χ0) is 18.6. The molecular weight excluding hydrogens is 340 g/mol. The van der Waals surface area contributed by atoms with E-state index in [0.717, 1.165) is 30.5 Å². The Labute approximate surface area is 158 Å². The minimum absolute atomic E-state index is 0.206. The fourth-order valence-corrected chi connectivity index (χ4v) is 3.73. The third-order valence-electron chi connectivity index (χ3n) is 5.05. The molecule has 0 spiro atoms. The lowest BCUT2D eigenvalue weighted by Crippen LogP contribution is -2.31. The number of amides is 1. The molecule has 3 aromatic rings. The van der Waals surface area contributed by atoms with Crippen LogP contribution < -0.4 is 5.73 Å². The molecule has 6 heteroatoms. The second kappa shape index (κ2) is 7.72. The van der Waals surface area contributed by atoms with Gasteiger partial charge in [-0.1, -0.05) is 18.2 Å². The summed E-state index contributed by atoms with van der Waals surface area (Å²) in [4.78, 5) is 22.6. The predicted molar refractivity (Wildman–Crippen MR) is 101 cm³/mol. The largest absolute Gasteiger partial charge is 0.448 e. The van der Waals surface area contributed by atoms with Crippen LogP contribution in [0, 0.1) is 0 Å². The van der Waals surface area contributed by atoms with E-state index < -0.39 is 5.91 Å². The molecular formula is C21H22N4O2. The van der Waals surface area contributed by atoms with Crippen LogP contribution >= 0.6 is 0 Å². The monoisotopic (exact) mass is 362 g/mol. The average Bonchev–Trinajstić information content (AvgIpc) is 3.20. The summed E-state index contributed by atoms with van der Waals surface area (Å²) in [6, 6.07) is 11.8. The number of aryl methyl sites for hydroxylation is 1. The third-order valence-corrected chi connectivity index (χ3v) is 5.05. The van der Waals surface area contributed by atoms with Crippen LogP contribution in [-0.2, 0) is 19.5 Å². The lowest BCUT2D eigenvalue weighted by Gasteiger charge is -2.34. The fraction of sp³-hybridized carbons (Fsp3) is 0.286. The molecule has 0 radical (unpaired) electrons. The number of hydrogen-bond acceptors (Lipinski definition) is 5. The molecule has 6 nitrogen and oxygen atoms in total. The molecule has 2 N–H and O–H groups in total. The van der Waals surface area contributed by atoms with Gasteiger partial charge in [0.1, 0.15) is 6.26 Å². The summed E-state index contributed by atoms with van der Waals surface area (Å²) in [5, 5.41) is 0. The molecule has 4 rings (SSSR count). The highest BCUT2D eigenvalue weighted by molar-refractivity contribution is 5.92. The number of aromatic nitrogens is 2. The molecule has 138 valence electrons. The van der Waals surface area contributed by atoms with Gasteiger partial charge in [0.05, 0.1) is 24.5 Å². The summed E-state index contributed by atoms with van der Waals surface area (Å²) in [7, 11) is 0. The van der Waals surface area contributed by atoms with Gasteiger partial charge >= 0.3 is 0 Å². The van der Waals surface area contributed by atoms with Crippen molar-refractivity contribution in [2.75, 3.05) is 0 Å². The smallest absolute Gasteiger partial charge is 0.248 e. The molecule has 0 saturated carbocycles. The van der Waals surface area contributed by atoms with Crippen molar-refractivity contribution >= 4 is 5.91 Å². The predicted octanol–water partition coefficient (Wildman–Crippen LogP) is 3.25. The summed E-state index contributed by atoms with van der Waals surface area (Å²) < 4.78 is 5.50. The van der Waals surface area contributed by atoms with Crippen LogP contribution in [0.15, 0.2) is 59.5 Å². The zero-order valence-electron chi connectivity index (χ0n) is 15.0. The average molecular weight is 362 g/mol. The van der Waals surface area contributed by atoms with E-state index in [-0.39, 0.29) is 6.04 Å². The molecule has 1 unspecified atom stereocenters. The molecule has 0 saturated heterocycles. The molecule has 1 aromatic carbocycles. The number of carbonyl (C=O) groups is 1. The highest BCUT2D eigenvalue weighted by Gasteiger charge is 2.28. The Bertz CT molecular complexity index is 906. The number of fused-ring (bicyclic) bond motifs is 1. The van der Waals surface area contributed by atoms with Crippen molar-refractivity contribution in [3.05, 3.63) is 83.3 Å². The zero-order valence-corrected chi connectivity index (χ0v) is 15.0. The minimum Gasteiger partial charge on any atom is -0.448 e. The Morgan fingerprint density at radius 1 is 1.15 bits per heavy atom. The van der Waals surface area contributed by atoms with Crippen molar-refractivity contribution in [1.82, 2.24) is 14.9 Å². The summed E-state index contributed by atoms with van der Waals surface area (Å²) in [5.74, 6) is 0.274.